The van der Waals surface area contributed by atoms with Crippen molar-refractivity contribution in [3.05, 3.63) is 94.1 Å². The molecule has 0 bridgehead atoms. The van der Waals surface area contributed by atoms with Gasteiger partial charge < -0.3 is 20.7 Å². The van der Waals surface area contributed by atoms with E-state index in [1.807, 2.05) is 24.3 Å². The van der Waals surface area contributed by atoms with Crippen molar-refractivity contribution in [1.82, 2.24) is 9.97 Å². The van der Waals surface area contributed by atoms with Crippen LogP contribution in [0.4, 0.5) is 23.0 Å². The van der Waals surface area contributed by atoms with Gasteiger partial charge in [0, 0.05) is 39.3 Å². The summed E-state index contributed by atoms with van der Waals surface area (Å²) in [5, 5.41) is 9.50. The van der Waals surface area contributed by atoms with Crippen LogP contribution in [0.3, 0.4) is 0 Å². The van der Waals surface area contributed by atoms with Crippen LogP contribution in [0.15, 0.2) is 66.9 Å². The Morgan fingerprint density at radius 3 is 2.61 bits per heavy atom. The molecule has 0 saturated carbocycles. The fourth-order valence-electron chi connectivity index (χ4n) is 4.31. The molecule has 0 saturated heterocycles. The van der Waals surface area contributed by atoms with Crippen molar-refractivity contribution >= 4 is 46.4 Å². The number of benzene rings is 3. The molecule has 36 heavy (non-hydrogen) atoms. The first-order chi connectivity index (χ1) is 17.5. The van der Waals surface area contributed by atoms with E-state index >= 15 is 0 Å². The largest absolute Gasteiger partial charge is 0.372 e. The van der Waals surface area contributed by atoms with Crippen molar-refractivity contribution in [3.8, 4) is 11.3 Å². The molecule has 0 unspecified atom stereocenters. The predicted octanol–water partition coefficient (Wildman–Crippen LogP) is 5.32. The first-order valence-corrected chi connectivity index (χ1v) is 11.7. The minimum Gasteiger partial charge on any atom is -0.372 e. The molecule has 178 valence electrons. The molecule has 2 aliphatic rings. The molecule has 3 N–H and O–H groups in total. The van der Waals surface area contributed by atoms with Crippen molar-refractivity contribution in [1.29, 1.82) is 0 Å². The summed E-state index contributed by atoms with van der Waals surface area (Å²) >= 11 is 6.12. The highest BCUT2D eigenvalue weighted by Crippen LogP contribution is 2.35. The number of halogens is 1. The predicted molar refractivity (Wildman–Crippen MR) is 137 cm³/mol. The van der Waals surface area contributed by atoms with Crippen LogP contribution in [0.5, 0.6) is 0 Å². The minimum atomic E-state index is -0.200. The Bertz CT molecular complexity index is 1520. The number of rotatable bonds is 4. The van der Waals surface area contributed by atoms with Crippen LogP contribution in [-0.4, -0.2) is 21.8 Å². The van der Waals surface area contributed by atoms with Crippen molar-refractivity contribution in [2.75, 3.05) is 16.0 Å². The second kappa shape index (κ2) is 9.07. The summed E-state index contributed by atoms with van der Waals surface area (Å²) in [6, 6.07) is 18.2. The number of carbonyl (C=O) groups is 2. The Kier molecular flexibility index (Phi) is 5.59. The minimum absolute atomic E-state index is 0.149. The topological polar surface area (TPSA) is 105 Å². The summed E-state index contributed by atoms with van der Waals surface area (Å²) in [6.45, 7) is 1.18. The summed E-state index contributed by atoms with van der Waals surface area (Å²) in [5.74, 6) is 0.0272. The van der Waals surface area contributed by atoms with Gasteiger partial charge in [0.25, 0.3) is 5.91 Å². The number of hydrogen-bond acceptors (Lipinski definition) is 6. The fraction of sp³-hybridized carbons (Fsp3) is 0.111. The number of aromatic nitrogens is 2. The monoisotopic (exact) mass is 497 g/mol. The summed E-state index contributed by atoms with van der Waals surface area (Å²) < 4.78 is 5.43. The van der Waals surface area contributed by atoms with Crippen LogP contribution in [0.1, 0.15) is 27.0 Å². The Hall–Kier alpha value is -4.27. The Labute approximate surface area is 211 Å². The number of anilines is 4. The molecule has 2 amide bonds. The van der Waals surface area contributed by atoms with E-state index in [0.717, 1.165) is 33.6 Å². The van der Waals surface area contributed by atoms with Gasteiger partial charge in [0.05, 0.1) is 31.0 Å². The lowest BCUT2D eigenvalue weighted by Gasteiger charge is -2.11. The molecule has 3 heterocycles. The van der Waals surface area contributed by atoms with Gasteiger partial charge in [0.2, 0.25) is 11.9 Å². The van der Waals surface area contributed by atoms with Gasteiger partial charge in [-0.2, -0.15) is 0 Å². The van der Waals surface area contributed by atoms with E-state index in [9.17, 15) is 9.59 Å². The normalized spacial score (nSPS) is 13.6. The number of carbonyl (C=O) groups excluding carboxylic acids is 2. The molecular formula is C27H20ClN5O3. The first kappa shape index (κ1) is 22.2. The molecule has 0 radical (unpaired) electrons. The van der Waals surface area contributed by atoms with Crippen LogP contribution >= 0.6 is 11.6 Å². The van der Waals surface area contributed by atoms with Gasteiger partial charge in [-0.05, 0) is 65.7 Å². The van der Waals surface area contributed by atoms with Crippen LogP contribution in [0.25, 0.3) is 11.3 Å². The smallest absolute Gasteiger partial charge is 0.255 e. The SMILES string of the molecule is O=C1Cc2cnc(Nc3ccc(C(=O)Nc4ccc5c(c4)COC5)cc3)nc2-c2ccc(Cl)cc2N1. The number of nitrogens with zero attached hydrogens (tertiary/aromatic N) is 2. The molecule has 1 aromatic heterocycles. The van der Waals surface area contributed by atoms with Crippen LogP contribution < -0.4 is 16.0 Å². The Balaban J connectivity index is 1.20. The van der Waals surface area contributed by atoms with E-state index in [2.05, 4.69) is 25.9 Å². The van der Waals surface area contributed by atoms with Gasteiger partial charge in [-0.1, -0.05) is 17.7 Å². The maximum absolute atomic E-state index is 12.7. The zero-order chi connectivity index (χ0) is 24.6. The summed E-state index contributed by atoms with van der Waals surface area (Å²) in [7, 11) is 0. The highest BCUT2D eigenvalue weighted by Gasteiger charge is 2.21. The van der Waals surface area contributed by atoms with Gasteiger partial charge in [-0.25, -0.2) is 9.97 Å². The second-order valence-electron chi connectivity index (χ2n) is 8.62. The van der Waals surface area contributed by atoms with Crippen LogP contribution in [0.2, 0.25) is 5.02 Å². The zero-order valence-electron chi connectivity index (χ0n) is 19.0. The van der Waals surface area contributed by atoms with Gasteiger partial charge >= 0.3 is 0 Å². The maximum atomic E-state index is 12.7. The van der Waals surface area contributed by atoms with Gasteiger partial charge in [-0.15, -0.1) is 0 Å². The van der Waals surface area contributed by atoms with E-state index in [4.69, 9.17) is 16.3 Å². The number of fused-ring (bicyclic) bond motifs is 4. The molecule has 9 heteroatoms. The van der Waals surface area contributed by atoms with E-state index in [0.29, 0.717) is 41.1 Å². The molecular weight excluding hydrogens is 478 g/mol. The first-order valence-electron chi connectivity index (χ1n) is 11.4. The molecule has 3 aromatic carbocycles. The third-order valence-corrected chi connectivity index (χ3v) is 6.34. The molecule has 0 spiro atoms. The van der Waals surface area contributed by atoms with Gasteiger partial charge in [0.15, 0.2) is 0 Å². The molecule has 0 fully saturated rings. The van der Waals surface area contributed by atoms with E-state index in [1.54, 1.807) is 42.6 Å². The molecule has 8 nitrogen and oxygen atoms in total. The third kappa shape index (κ3) is 4.39. The molecule has 4 aromatic rings. The lowest BCUT2D eigenvalue weighted by atomic mass is 10.1. The number of amides is 2. The third-order valence-electron chi connectivity index (χ3n) is 6.11. The average molecular weight is 498 g/mol. The summed E-state index contributed by atoms with van der Waals surface area (Å²) in [6.07, 6.45) is 1.82. The van der Waals surface area contributed by atoms with E-state index in [1.165, 1.54) is 0 Å². The van der Waals surface area contributed by atoms with Gasteiger partial charge in [0.1, 0.15) is 0 Å². The lowest BCUT2D eigenvalue weighted by Crippen LogP contribution is -2.13. The lowest BCUT2D eigenvalue weighted by molar-refractivity contribution is -0.115. The molecule has 0 atom stereocenters. The number of nitrogens with one attached hydrogen (secondary N) is 3. The maximum Gasteiger partial charge on any atom is 0.255 e. The van der Waals surface area contributed by atoms with Crippen LogP contribution in [0, 0.1) is 0 Å². The average Bonchev–Trinajstić information content (AvgIpc) is 3.28. The Morgan fingerprint density at radius 2 is 1.75 bits per heavy atom. The van der Waals surface area contributed by atoms with E-state index in [-0.39, 0.29) is 18.2 Å². The standard InChI is InChI=1S/C27H20ClN5O3/c28-19-4-8-22-23(11-19)32-24(34)10-17-12-29-27(33-25(17)22)31-20-5-1-15(2-6-20)26(35)30-21-7-3-16-13-36-14-18(16)9-21/h1-9,11-12H,10,13-14H2,(H,30,35)(H,32,34)(H,29,31,33). The highest BCUT2D eigenvalue weighted by atomic mass is 35.5. The number of ether oxygens (including phenoxy) is 1. The highest BCUT2D eigenvalue weighted by molar-refractivity contribution is 6.31. The summed E-state index contributed by atoms with van der Waals surface area (Å²) in [5.41, 5.74) is 7.00. The zero-order valence-corrected chi connectivity index (χ0v) is 19.7. The second-order valence-corrected chi connectivity index (χ2v) is 9.05. The Morgan fingerprint density at radius 1 is 0.944 bits per heavy atom. The van der Waals surface area contributed by atoms with Crippen molar-refractivity contribution in [3.63, 3.8) is 0 Å². The van der Waals surface area contributed by atoms with Crippen molar-refractivity contribution in [2.45, 2.75) is 19.6 Å². The molecule has 6 rings (SSSR count). The van der Waals surface area contributed by atoms with E-state index < -0.39 is 0 Å². The molecule has 0 aliphatic carbocycles. The number of hydrogen-bond donors (Lipinski definition) is 3. The van der Waals surface area contributed by atoms with Gasteiger partial charge in [-0.3, -0.25) is 9.59 Å². The van der Waals surface area contributed by atoms with Crippen molar-refractivity contribution < 1.29 is 14.3 Å². The van der Waals surface area contributed by atoms with Crippen molar-refractivity contribution in [2.24, 2.45) is 0 Å². The fourth-order valence-corrected chi connectivity index (χ4v) is 4.48. The summed E-state index contributed by atoms with van der Waals surface area (Å²) in [4.78, 5) is 34.0. The van der Waals surface area contributed by atoms with Crippen LogP contribution in [-0.2, 0) is 29.2 Å². The molecule has 2 aliphatic heterocycles. The quantitative estimate of drug-likeness (QED) is 0.352.